The Labute approximate surface area is 111 Å². The van der Waals surface area contributed by atoms with Crippen LogP contribution in [-0.2, 0) is 16.0 Å². The summed E-state index contributed by atoms with van der Waals surface area (Å²) in [4.78, 5) is 2.41. The van der Waals surface area contributed by atoms with Gasteiger partial charge < -0.3 is 9.47 Å². The highest BCUT2D eigenvalue weighted by molar-refractivity contribution is 9.10. The number of hydrogen-bond donors (Lipinski definition) is 0. The molecule has 0 spiro atoms. The fourth-order valence-corrected chi connectivity index (χ4v) is 2.32. The standard InChI is InChI=1S/C13H18BrNO2/c1-16-10-13-9-15(6-7-17-13)8-11-2-4-12(14)5-3-11/h2-5,13H,6-10H2,1H3. The van der Waals surface area contributed by atoms with Crippen molar-refractivity contribution < 1.29 is 9.47 Å². The monoisotopic (exact) mass is 299 g/mol. The van der Waals surface area contributed by atoms with E-state index < -0.39 is 0 Å². The first kappa shape index (κ1) is 13.0. The lowest BCUT2D eigenvalue weighted by atomic mass is 10.2. The second-order valence-corrected chi connectivity index (χ2v) is 5.23. The summed E-state index contributed by atoms with van der Waals surface area (Å²) in [5, 5.41) is 0. The molecule has 1 heterocycles. The fraction of sp³-hybridized carbons (Fsp3) is 0.538. The van der Waals surface area contributed by atoms with Gasteiger partial charge in [-0.15, -0.1) is 0 Å². The van der Waals surface area contributed by atoms with Crippen LogP contribution in [0.15, 0.2) is 28.7 Å². The fourth-order valence-electron chi connectivity index (χ4n) is 2.06. The number of methoxy groups -OCH3 is 1. The Morgan fingerprint density at radius 2 is 2.18 bits per heavy atom. The van der Waals surface area contributed by atoms with Gasteiger partial charge >= 0.3 is 0 Å². The van der Waals surface area contributed by atoms with Crippen LogP contribution >= 0.6 is 15.9 Å². The van der Waals surface area contributed by atoms with Crippen molar-refractivity contribution >= 4 is 15.9 Å². The van der Waals surface area contributed by atoms with Crippen LogP contribution in [0.4, 0.5) is 0 Å². The summed E-state index contributed by atoms with van der Waals surface area (Å²) in [5.41, 5.74) is 1.34. The summed E-state index contributed by atoms with van der Waals surface area (Å²) in [7, 11) is 1.72. The molecular formula is C13H18BrNO2. The van der Waals surface area contributed by atoms with Gasteiger partial charge in [-0.25, -0.2) is 0 Å². The van der Waals surface area contributed by atoms with Gasteiger partial charge in [0.1, 0.15) is 0 Å². The number of nitrogens with zero attached hydrogens (tertiary/aromatic N) is 1. The molecule has 0 N–H and O–H groups in total. The normalized spacial score (nSPS) is 21.6. The maximum atomic E-state index is 5.63. The maximum absolute atomic E-state index is 5.63. The molecule has 0 bridgehead atoms. The SMILES string of the molecule is COCC1CN(Cc2ccc(Br)cc2)CCO1. The average Bonchev–Trinajstić information content (AvgIpc) is 2.33. The van der Waals surface area contributed by atoms with E-state index in [-0.39, 0.29) is 6.10 Å². The van der Waals surface area contributed by atoms with Crippen LogP contribution in [0.2, 0.25) is 0 Å². The van der Waals surface area contributed by atoms with Crippen LogP contribution in [0.3, 0.4) is 0 Å². The minimum atomic E-state index is 0.212. The molecule has 1 unspecified atom stereocenters. The van der Waals surface area contributed by atoms with Gasteiger partial charge in [-0.05, 0) is 17.7 Å². The number of rotatable bonds is 4. The van der Waals surface area contributed by atoms with E-state index in [1.165, 1.54) is 5.56 Å². The smallest absolute Gasteiger partial charge is 0.0935 e. The largest absolute Gasteiger partial charge is 0.382 e. The summed E-state index contributed by atoms with van der Waals surface area (Å²) in [6, 6.07) is 8.49. The third-order valence-electron chi connectivity index (χ3n) is 2.89. The Morgan fingerprint density at radius 3 is 2.88 bits per heavy atom. The molecule has 4 heteroatoms. The first-order valence-corrected chi connectivity index (χ1v) is 6.64. The average molecular weight is 300 g/mol. The lowest BCUT2D eigenvalue weighted by Gasteiger charge is -2.32. The highest BCUT2D eigenvalue weighted by atomic mass is 79.9. The molecule has 1 aromatic rings. The first-order chi connectivity index (χ1) is 8.28. The zero-order valence-corrected chi connectivity index (χ0v) is 11.6. The van der Waals surface area contributed by atoms with Crippen LogP contribution in [0, 0.1) is 0 Å². The topological polar surface area (TPSA) is 21.7 Å². The predicted molar refractivity (Wildman–Crippen MR) is 71.0 cm³/mol. The van der Waals surface area contributed by atoms with Gasteiger partial charge in [-0.3, -0.25) is 4.90 Å². The number of morpholine rings is 1. The van der Waals surface area contributed by atoms with Crippen molar-refractivity contribution in [1.82, 2.24) is 4.90 Å². The van der Waals surface area contributed by atoms with Gasteiger partial charge in [0, 0.05) is 31.2 Å². The molecule has 3 nitrogen and oxygen atoms in total. The zero-order chi connectivity index (χ0) is 12.1. The Hall–Kier alpha value is -0.420. The quantitative estimate of drug-likeness (QED) is 0.851. The minimum absolute atomic E-state index is 0.212. The third kappa shape index (κ3) is 4.07. The van der Waals surface area contributed by atoms with Gasteiger partial charge in [0.15, 0.2) is 0 Å². The summed E-state index contributed by atoms with van der Waals surface area (Å²) >= 11 is 3.45. The molecule has 0 radical (unpaired) electrons. The maximum Gasteiger partial charge on any atom is 0.0935 e. The highest BCUT2D eigenvalue weighted by Crippen LogP contribution is 2.14. The van der Waals surface area contributed by atoms with E-state index in [0.29, 0.717) is 6.61 Å². The van der Waals surface area contributed by atoms with Crippen molar-refractivity contribution in [2.45, 2.75) is 12.6 Å². The molecule has 1 fully saturated rings. The Kier molecular flexibility index (Phi) is 4.98. The van der Waals surface area contributed by atoms with Crippen LogP contribution in [0.5, 0.6) is 0 Å². The van der Waals surface area contributed by atoms with Crippen molar-refractivity contribution in [2.75, 3.05) is 33.4 Å². The van der Waals surface area contributed by atoms with Crippen molar-refractivity contribution in [1.29, 1.82) is 0 Å². The Balaban J connectivity index is 1.87. The van der Waals surface area contributed by atoms with E-state index in [0.717, 1.165) is 30.7 Å². The van der Waals surface area contributed by atoms with E-state index in [9.17, 15) is 0 Å². The number of hydrogen-bond acceptors (Lipinski definition) is 3. The summed E-state index contributed by atoms with van der Waals surface area (Å²) in [5.74, 6) is 0. The summed E-state index contributed by atoms with van der Waals surface area (Å²) in [6.45, 7) is 4.40. The molecule has 17 heavy (non-hydrogen) atoms. The second-order valence-electron chi connectivity index (χ2n) is 4.31. The van der Waals surface area contributed by atoms with Crippen LogP contribution in [-0.4, -0.2) is 44.4 Å². The molecule has 1 saturated heterocycles. The molecule has 1 aliphatic heterocycles. The van der Waals surface area contributed by atoms with Gasteiger partial charge in [0.25, 0.3) is 0 Å². The Bertz CT molecular complexity index is 340. The van der Waals surface area contributed by atoms with Crippen LogP contribution < -0.4 is 0 Å². The lowest BCUT2D eigenvalue weighted by Crippen LogP contribution is -2.43. The highest BCUT2D eigenvalue weighted by Gasteiger charge is 2.20. The number of halogens is 1. The van der Waals surface area contributed by atoms with Gasteiger partial charge in [-0.1, -0.05) is 28.1 Å². The van der Waals surface area contributed by atoms with Crippen LogP contribution in [0.1, 0.15) is 5.56 Å². The molecule has 0 aliphatic carbocycles. The Morgan fingerprint density at radius 1 is 1.41 bits per heavy atom. The van der Waals surface area contributed by atoms with Crippen molar-refractivity contribution in [3.63, 3.8) is 0 Å². The molecule has 1 aliphatic rings. The molecule has 0 aromatic heterocycles. The summed E-state index contributed by atoms with van der Waals surface area (Å²) < 4.78 is 11.9. The van der Waals surface area contributed by atoms with E-state index >= 15 is 0 Å². The minimum Gasteiger partial charge on any atom is -0.382 e. The van der Waals surface area contributed by atoms with E-state index in [4.69, 9.17) is 9.47 Å². The zero-order valence-electron chi connectivity index (χ0n) is 10.1. The van der Waals surface area contributed by atoms with Gasteiger partial charge in [-0.2, -0.15) is 0 Å². The second kappa shape index (κ2) is 6.50. The molecule has 0 amide bonds. The molecule has 1 aromatic carbocycles. The van der Waals surface area contributed by atoms with Crippen LogP contribution in [0.25, 0.3) is 0 Å². The summed E-state index contributed by atoms with van der Waals surface area (Å²) in [6.07, 6.45) is 0.212. The molecule has 94 valence electrons. The number of benzene rings is 1. The van der Waals surface area contributed by atoms with E-state index in [1.54, 1.807) is 7.11 Å². The molecule has 2 rings (SSSR count). The van der Waals surface area contributed by atoms with Gasteiger partial charge in [0.05, 0.1) is 19.3 Å². The van der Waals surface area contributed by atoms with E-state index in [1.807, 2.05) is 0 Å². The lowest BCUT2D eigenvalue weighted by molar-refractivity contribution is -0.0631. The van der Waals surface area contributed by atoms with E-state index in [2.05, 4.69) is 45.1 Å². The van der Waals surface area contributed by atoms with Crippen molar-refractivity contribution in [3.05, 3.63) is 34.3 Å². The van der Waals surface area contributed by atoms with Crippen molar-refractivity contribution in [2.24, 2.45) is 0 Å². The predicted octanol–water partition coefficient (Wildman–Crippen LogP) is 2.30. The molecular weight excluding hydrogens is 282 g/mol. The van der Waals surface area contributed by atoms with Gasteiger partial charge in [0.2, 0.25) is 0 Å². The third-order valence-corrected chi connectivity index (χ3v) is 3.42. The number of ether oxygens (including phenoxy) is 2. The van der Waals surface area contributed by atoms with Crippen molar-refractivity contribution in [3.8, 4) is 0 Å². The molecule has 0 saturated carbocycles. The molecule has 1 atom stereocenters. The first-order valence-electron chi connectivity index (χ1n) is 5.85.